The zero-order valence-electron chi connectivity index (χ0n) is 14.8. The molecular weight excluding hydrogens is 318 g/mol. The van der Waals surface area contributed by atoms with E-state index in [2.05, 4.69) is 43.6 Å². The number of benzene rings is 1. The zero-order valence-corrected chi connectivity index (χ0v) is 14.8. The molecule has 132 valence electrons. The summed E-state index contributed by atoms with van der Waals surface area (Å²) in [5, 5.41) is 7.17. The quantitative estimate of drug-likeness (QED) is 0.679. The van der Waals surface area contributed by atoms with Crippen LogP contribution in [-0.4, -0.2) is 48.2 Å². The van der Waals surface area contributed by atoms with Crippen molar-refractivity contribution in [1.82, 2.24) is 20.4 Å². The van der Waals surface area contributed by atoms with Gasteiger partial charge in [-0.15, -0.1) is 0 Å². The first-order valence-corrected chi connectivity index (χ1v) is 8.28. The van der Waals surface area contributed by atoms with Crippen molar-refractivity contribution < 1.29 is 9.26 Å². The second kappa shape index (κ2) is 7.83. The summed E-state index contributed by atoms with van der Waals surface area (Å²) >= 11 is 0. The van der Waals surface area contributed by atoms with E-state index in [0.29, 0.717) is 18.3 Å². The Morgan fingerprint density at radius 2 is 2.32 bits per heavy atom. The minimum absolute atomic E-state index is 0.493. The summed E-state index contributed by atoms with van der Waals surface area (Å²) in [4.78, 5) is 10.8. The van der Waals surface area contributed by atoms with E-state index in [1.54, 1.807) is 21.1 Å². The minimum Gasteiger partial charge on any atom is -0.497 e. The van der Waals surface area contributed by atoms with Crippen LogP contribution in [0.25, 0.3) is 5.57 Å². The van der Waals surface area contributed by atoms with Gasteiger partial charge in [0.15, 0.2) is 11.8 Å². The van der Waals surface area contributed by atoms with Gasteiger partial charge in [-0.3, -0.25) is 4.99 Å². The van der Waals surface area contributed by atoms with Crippen LogP contribution in [0.4, 0.5) is 0 Å². The molecule has 1 aromatic heterocycles. The first-order chi connectivity index (χ1) is 12.2. The summed E-state index contributed by atoms with van der Waals surface area (Å²) in [6.07, 6.45) is 3.19. The fourth-order valence-electron chi connectivity index (χ4n) is 2.85. The molecule has 0 saturated carbocycles. The second-order valence-electron chi connectivity index (χ2n) is 5.79. The van der Waals surface area contributed by atoms with Crippen LogP contribution < -0.4 is 10.1 Å². The molecule has 7 nitrogen and oxygen atoms in total. The first kappa shape index (κ1) is 17.0. The van der Waals surface area contributed by atoms with Crippen molar-refractivity contribution >= 4 is 11.5 Å². The molecule has 25 heavy (non-hydrogen) atoms. The van der Waals surface area contributed by atoms with E-state index in [-0.39, 0.29) is 0 Å². The van der Waals surface area contributed by atoms with Crippen molar-refractivity contribution in [1.29, 1.82) is 0 Å². The maximum absolute atomic E-state index is 5.31. The van der Waals surface area contributed by atoms with Gasteiger partial charge in [0.2, 0.25) is 5.89 Å². The fourth-order valence-corrected chi connectivity index (χ4v) is 2.85. The van der Waals surface area contributed by atoms with Crippen molar-refractivity contribution in [3.63, 3.8) is 0 Å². The van der Waals surface area contributed by atoms with Crippen LogP contribution in [0.2, 0.25) is 0 Å². The number of guanidine groups is 1. The summed E-state index contributed by atoms with van der Waals surface area (Å²) in [5.74, 6) is 2.91. The van der Waals surface area contributed by atoms with E-state index in [0.717, 1.165) is 31.2 Å². The van der Waals surface area contributed by atoms with E-state index in [9.17, 15) is 0 Å². The van der Waals surface area contributed by atoms with Gasteiger partial charge in [0.25, 0.3) is 0 Å². The molecular formula is C18H23N5O2. The number of methoxy groups -OCH3 is 1. The van der Waals surface area contributed by atoms with Crippen molar-refractivity contribution in [3.05, 3.63) is 47.6 Å². The Morgan fingerprint density at radius 1 is 1.44 bits per heavy atom. The molecule has 0 aliphatic carbocycles. The Balaban J connectivity index is 1.62. The molecule has 0 amide bonds. The number of aliphatic imine (C=N–C) groups is 1. The minimum atomic E-state index is 0.493. The van der Waals surface area contributed by atoms with Crippen molar-refractivity contribution in [2.45, 2.75) is 19.9 Å². The molecule has 1 aromatic carbocycles. The lowest BCUT2D eigenvalue weighted by Gasteiger charge is -2.29. The Kier molecular flexibility index (Phi) is 5.33. The number of aryl methyl sites for hydroxylation is 1. The molecule has 0 radical (unpaired) electrons. The molecule has 0 spiro atoms. The highest BCUT2D eigenvalue weighted by Gasteiger charge is 2.17. The normalized spacial score (nSPS) is 15.1. The summed E-state index contributed by atoms with van der Waals surface area (Å²) in [6.45, 7) is 3.97. The summed E-state index contributed by atoms with van der Waals surface area (Å²) in [5.41, 5.74) is 2.55. The average molecular weight is 341 g/mol. The third kappa shape index (κ3) is 4.17. The lowest BCUT2D eigenvalue weighted by atomic mass is 9.99. The molecule has 1 aliphatic rings. The number of nitrogens with one attached hydrogen (secondary N) is 1. The largest absolute Gasteiger partial charge is 0.497 e. The molecule has 0 fully saturated rings. The Hall–Kier alpha value is -2.83. The number of hydrogen-bond acceptors (Lipinski definition) is 5. The molecule has 1 aliphatic heterocycles. The van der Waals surface area contributed by atoms with Crippen LogP contribution in [0.1, 0.15) is 23.7 Å². The topological polar surface area (TPSA) is 75.8 Å². The highest BCUT2D eigenvalue weighted by Crippen LogP contribution is 2.25. The van der Waals surface area contributed by atoms with E-state index in [4.69, 9.17) is 9.26 Å². The Bertz CT molecular complexity index is 781. The third-order valence-electron chi connectivity index (χ3n) is 4.14. The predicted molar refractivity (Wildman–Crippen MR) is 96.4 cm³/mol. The molecule has 2 heterocycles. The molecule has 7 heteroatoms. The molecule has 0 atom stereocenters. The molecule has 0 saturated heterocycles. The lowest BCUT2D eigenvalue weighted by Crippen LogP contribution is -2.43. The maximum Gasteiger partial charge on any atom is 0.223 e. The van der Waals surface area contributed by atoms with Crippen LogP contribution >= 0.6 is 0 Å². The number of hydrogen-bond donors (Lipinski definition) is 1. The van der Waals surface area contributed by atoms with Crippen molar-refractivity contribution in [3.8, 4) is 5.75 Å². The van der Waals surface area contributed by atoms with Gasteiger partial charge in [-0.2, -0.15) is 4.98 Å². The maximum atomic E-state index is 5.31. The van der Waals surface area contributed by atoms with E-state index in [1.165, 1.54) is 11.1 Å². The molecule has 2 aromatic rings. The van der Waals surface area contributed by atoms with Crippen LogP contribution in [0, 0.1) is 6.92 Å². The van der Waals surface area contributed by atoms with Gasteiger partial charge in [0, 0.05) is 27.1 Å². The van der Waals surface area contributed by atoms with Gasteiger partial charge in [-0.05, 0) is 29.7 Å². The number of ether oxygens (including phenoxy) is 1. The van der Waals surface area contributed by atoms with Gasteiger partial charge < -0.3 is 19.5 Å². The fraction of sp³-hybridized carbons (Fsp3) is 0.389. The third-order valence-corrected chi connectivity index (χ3v) is 4.14. The number of aromatic nitrogens is 2. The van der Waals surface area contributed by atoms with Gasteiger partial charge in [0.1, 0.15) is 5.75 Å². The van der Waals surface area contributed by atoms with Crippen molar-refractivity contribution in [2.75, 3.05) is 27.2 Å². The van der Waals surface area contributed by atoms with Crippen LogP contribution in [-0.2, 0) is 6.54 Å². The van der Waals surface area contributed by atoms with Crippen LogP contribution in [0.15, 0.2) is 39.9 Å². The van der Waals surface area contributed by atoms with Crippen molar-refractivity contribution in [2.24, 2.45) is 4.99 Å². The number of nitrogens with zero attached hydrogens (tertiary/aromatic N) is 4. The van der Waals surface area contributed by atoms with E-state index in [1.807, 2.05) is 12.1 Å². The number of rotatable bonds is 4. The molecule has 3 rings (SSSR count). The van der Waals surface area contributed by atoms with Gasteiger partial charge >= 0.3 is 0 Å². The van der Waals surface area contributed by atoms with Crippen LogP contribution in [0.3, 0.4) is 0 Å². The molecule has 0 bridgehead atoms. The van der Waals surface area contributed by atoms with Gasteiger partial charge in [0.05, 0.1) is 13.7 Å². The second-order valence-corrected chi connectivity index (χ2v) is 5.79. The monoisotopic (exact) mass is 341 g/mol. The standard InChI is InChI=1S/C18H23N5O2/c1-13-21-17(22-25-13)12-20-18(19-2)23-9-7-14(8-10-23)15-5-4-6-16(11-15)24-3/h4-7,11H,8-10,12H2,1-3H3,(H,19,20). The molecule has 1 N–H and O–H groups in total. The lowest BCUT2D eigenvalue weighted by molar-refractivity contribution is 0.385. The van der Waals surface area contributed by atoms with Gasteiger partial charge in [-0.25, -0.2) is 0 Å². The summed E-state index contributed by atoms with van der Waals surface area (Å²) in [6, 6.07) is 8.18. The SMILES string of the molecule is CN=C(NCc1noc(C)n1)N1CC=C(c2cccc(OC)c2)CC1. The predicted octanol–water partition coefficient (Wildman–Crippen LogP) is 2.25. The Labute approximate surface area is 147 Å². The summed E-state index contributed by atoms with van der Waals surface area (Å²) < 4.78 is 10.3. The van der Waals surface area contributed by atoms with Crippen LogP contribution in [0.5, 0.6) is 5.75 Å². The smallest absolute Gasteiger partial charge is 0.223 e. The van der Waals surface area contributed by atoms with E-state index >= 15 is 0 Å². The average Bonchev–Trinajstić information content (AvgIpc) is 3.08. The Morgan fingerprint density at radius 3 is 2.96 bits per heavy atom. The van der Waals surface area contributed by atoms with E-state index < -0.39 is 0 Å². The highest BCUT2D eigenvalue weighted by atomic mass is 16.5. The highest BCUT2D eigenvalue weighted by molar-refractivity contribution is 5.81. The molecule has 0 unspecified atom stereocenters. The first-order valence-electron chi connectivity index (χ1n) is 8.28. The van der Waals surface area contributed by atoms with Gasteiger partial charge in [-0.1, -0.05) is 23.4 Å². The zero-order chi connectivity index (χ0) is 17.6. The summed E-state index contributed by atoms with van der Waals surface area (Å²) in [7, 11) is 3.47.